The number of nitrogens with zero attached hydrogens (tertiary/aromatic N) is 1. The van der Waals surface area contributed by atoms with Crippen LogP contribution >= 0.6 is 0 Å². The Morgan fingerprint density at radius 3 is 2.52 bits per heavy atom. The third kappa shape index (κ3) is 7.03. The minimum Gasteiger partial charge on any atom is -0.466 e. The van der Waals surface area contributed by atoms with Crippen molar-refractivity contribution in [3.63, 3.8) is 0 Å². The number of esters is 1. The van der Waals surface area contributed by atoms with Gasteiger partial charge in [-0.15, -0.1) is 0 Å². The van der Waals surface area contributed by atoms with Gasteiger partial charge in [-0.3, -0.25) is 4.79 Å². The average Bonchev–Trinajstić information content (AvgIpc) is 2.51. The van der Waals surface area contributed by atoms with E-state index < -0.39 is 35.7 Å². The van der Waals surface area contributed by atoms with Crippen LogP contribution in [0.5, 0.6) is 0 Å². The largest absolute Gasteiger partial charge is 0.466 e. The second-order valence-electron chi connectivity index (χ2n) is 6.71. The number of carbonyl (C=O) groups is 3. The number of hydrogen-bond donors (Lipinski definition) is 1. The lowest BCUT2D eigenvalue weighted by Crippen LogP contribution is -2.55. The molecule has 0 aromatic heterocycles. The second kappa shape index (κ2) is 9.29. The summed E-state index contributed by atoms with van der Waals surface area (Å²) < 4.78 is 15.3. The van der Waals surface area contributed by atoms with Gasteiger partial charge in [-0.25, -0.2) is 9.59 Å². The summed E-state index contributed by atoms with van der Waals surface area (Å²) >= 11 is 0. The maximum atomic E-state index is 12.2. The van der Waals surface area contributed by atoms with Gasteiger partial charge in [-0.1, -0.05) is 12.7 Å². The number of likely N-dealkylation sites (tertiary alicyclic amines) is 1. The SMILES string of the molecule is C=CCOC(=O)NC1CCN(C(=O)OC(C)(C)C)CC1C(=O)OCC. The number of nitrogens with one attached hydrogen (secondary N) is 1. The minimum atomic E-state index is -0.683. The molecule has 142 valence electrons. The Labute approximate surface area is 148 Å². The number of alkyl carbamates (subject to hydrolysis) is 1. The molecule has 8 heteroatoms. The maximum Gasteiger partial charge on any atom is 0.410 e. The van der Waals surface area contributed by atoms with Crippen LogP contribution < -0.4 is 5.32 Å². The molecule has 2 unspecified atom stereocenters. The number of ether oxygens (including phenoxy) is 3. The fraction of sp³-hybridized carbons (Fsp3) is 0.706. The molecular formula is C17H28N2O6. The first kappa shape index (κ1) is 20.8. The van der Waals surface area contributed by atoms with Gasteiger partial charge in [-0.05, 0) is 34.1 Å². The summed E-state index contributed by atoms with van der Waals surface area (Å²) in [6, 6.07) is -0.477. The third-order valence-corrected chi connectivity index (χ3v) is 3.49. The lowest BCUT2D eigenvalue weighted by molar-refractivity contribution is -0.150. The number of amides is 2. The monoisotopic (exact) mass is 356 g/mol. The van der Waals surface area contributed by atoms with Crippen molar-refractivity contribution in [3.05, 3.63) is 12.7 Å². The first-order valence-corrected chi connectivity index (χ1v) is 8.36. The Hall–Kier alpha value is -2.25. The molecule has 0 saturated carbocycles. The molecule has 0 bridgehead atoms. The van der Waals surface area contributed by atoms with Crippen molar-refractivity contribution >= 4 is 18.2 Å². The van der Waals surface area contributed by atoms with Gasteiger partial charge in [-0.2, -0.15) is 0 Å². The number of carbonyl (C=O) groups excluding carboxylic acids is 3. The molecular weight excluding hydrogens is 328 g/mol. The van der Waals surface area contributed by atoms with E-state index in [0.29, 0.717) is 13.0 Å². The van der Waals surface area contributed by atoms with Gasteiger partial charge < -0.3 is 24.4 Å². The molecule has 1 heterocycles. The van der Waals surface area contributed by atoms with Gasteiger partial charge in [0.2, 0.25) is 0 Å². The van der Waals surface area contributed by atoms with Crippen molar-refractivity contribution in [1.82, 2.24) is 10.2 Å². The summed E-state index contributed by atoms with van der Waals surface area (Å²) in [5, 5.41) is 2.66. The molecule has 1 aliphatic rings. The number of rotatable bonds is 5. The van der Waals surface area contributed by atoms with Crippen molar-refractivity contribution in [1.29, 1.82) is 0 Å². The van der Waals surface area contributed by atoms with Crippen molar-refractivity contribution in [2.45, 2.75) is 45.8 Å². The zero-order chi connectivity index (χ0) is 19.0. The average molecular weight is 356 g/mol. The minimum absolute atomic E-state index is 0.0761. The predicted octanol–water partition coefficient (Wildman–Crippen LogP) is 2.09. The predicted molar refractivity (Wildman–Crippen MR) is 91.0 cm³/mol. The van der Waals surface area contributed by atoms with Crippen molar-refractivity contribution in [2.75, 3.05) is 26.3 Å². The summed E-state index contributed by atoms with van der Waals surface area (Å²) in [6.07, 6.45) is 0.721. The number of hydrogen-bond acceptors (Lipinski definition) is 6. The quantitative estimate of drug-likeness (QED) is 0.460. The first-order valence-electron chi connectivity index (χ1n) is 8.36. The van der Waals surface area contributed by atoms with Crippen LogP contribution in [0.4, 0.5) is 9.59 Å². The van der Waals surface area contributed by atoms with Crippen LogP contribution in [0.25, 0.3) is 0 Å². The number of piperidine rings is 1. The molecule has 0 aromatic carbocycles. The molecule has 1 aliphatic heterocycles. The second-order valence-corrected chi connectivity index (χ2v) is 6.71. The Kier molecular flexibility index (Phi) is 7.73. The highest BCUT2D eigenvalue weighted by Crippen LogP contribution is 2.21. The molecule has 1 N–H and O–H groups in total. The third-order valence-electron chi connectivity index (χ3n) is 3.49. The smallest absolute Gasteiger partial charge is 0.410 e. The molecule has 0 aliphatic carbocycles. The normalized spacial score (nSPS) is 20.4. The summed E-state index contributed by atoms with van der Waals surface area (Å²) in [7, 11) is 0. The molecule has 0 spiro atoms. The molecule has 2 amide bonds. The highest BCUT2D eigenvalue weighted by molar-refractivity contribution is 5.77. The van der Waals surface area contributed by atoms with E-state index in [9.17, 15) is 14.4 Å². The van der Waals surface area contributed by atoms with E-state index >= 15 is 0 Å². The van der Waals surface area contributed by atoms with E-state index in [1.807, 2.05) is 0 Å². The van der Waals surface area contributed by atoms with Crippen LogP contribution in [0, 0.1) is 5.92 Å². The highest BCUT2D eigenvalue weighted by Gasteiger charge is 2.39. The Morgan fingerprint density at radius 2 is 1.96 bits per heavy atom. The van der Waals surface area contributed by atoms with Gasteiger partial charge in [0.1, 0.15) is 12.2 Å². The zero-order valence-corrected chi connectivity index (χ0v) is 15.4. The lowest BCUT2D eigenvalue weighted by Gasteiger charge is -2.37. The molecule has 8 nitrogen and oxygen atoms in total. The highest BCUT2D eigenvalue weighted by atomic mass is 16.6. The van der Waals surface area contributed by atoms with E-state index in [1.165, 1.54) is 11.0 Å². The molecule has 0 aromatic rings. The van der Waals surface area contributed by atoms with Crippen LogP contribution in [0.1, 0.15) is 34.1 Å². The standard InChI is InChI=1S/C17H28N2O6/c1-6-10-24-15(21)18-13-8-9-19(16(22)25-17(3,4)5)11-12(13)14(20)23-7-2/h6,12-13H,1,7-11H2,2-5H3,(H,18,21). The molecule has 1 saturated heterocycles. The van der Waals surface area contributed by atoms with Crippen molar-refractivity contribution in [2.24, 2.45) is 5.92 Å². The fourth-order valence-electron chi connectivity index (χ4n) is 2.43. The Balaban J connectivity index is 2.77. The van der Waals surface area contributed by atoms with Crippen molar-refractivity contribution in [3.8, 4) is 0 Å². The molecule has 0 radical (unpaired) electrons. The molecule has 2 atom stereocenters. The Morgan fingerprint density at radius 1 is 1.28 bits per heavy atom. The summed E-state index contributed by atoms with van der Waals surface area (Å²) in [6.45, 7) is 11.3. The van der Waals surface area contributed by atoms with E-state index in [2.05, 4.69) is 11.9 Å². The summed E-state index contributed by atoms with van der Waals surface area (Å²) in [5.41, 5.74) is -0.625. The molecule has 25 heavy (non-hydrogen) atoms. The van der Waals surface area contributed by atoms with Crippen LogP contribution in [0.3, 0.4) is 0 Å². The summed E-state index contributed by atoms with van der Waals surface area (Å²) in [4.78, 5) is 37.7. The molecule has 1 fully saturated rings. The van der Waals surface area contributed by atoms with E-state index in [-0.39, 0.29) is 19.8 Å². The van der Waals surface area contributed by atoms with Gasteiger partial charge in [0, 0.05) is 19.1 Å². The topological polar surface area (TPSA) is 94.2 Å². The van der Waals surface area contributed by atoms with Gasteiger partial charge >= 0.3 is 18.2 Å². The first-order chi connectivity index (χ1) is 11.7. The van der Waals surface area contributed by atoms with Gasteiger partial charge in [0.05, 0.1) is 12.5 Å². The van der Waals surface area contributed by atoms with Crippen molar-refractivity contribution < 1.29 is 28.6 Å². The van der Waals surface area contributed by atoms with E-state index in [0.717, 1.165) is 0 Å². The van der Waals surface area contributed by atoms with E-state index in [1.54, 1.807) is 27.7 Å². The molecule has 1 rings (SSSR count). The van der Waals surface area contributed by atoms with Crippen LogP contribution in [-0.2, 0) is 19.0 Å². The fourth-order valence-corrected chi connectivity index (χ4v) is 2.43. The van der Waals surface area contributed by atoms with Crippen LogP contribution in [0.15, 0.2) is 12.7 Å². The maximum absolute atomic E-state index is 12.2. The van der Waals surface area contributed by atoms with Crippen LogP contribution in [0.2, 0.25) is 0 Å². The van der Waals surface area contributed by atoms with E-state index in [4.69, 9.17) is 14.2 Å². The Bertz CT molecular complexity index is 500. The van der Waals surface area contributed by atoms with Crippen LogP contribution in [-0.4, -0.2) is 61.0 Å². The zero-order valence-electron chi connectivity index (χ0n) is 15.4. The lowest BCUT2D eigenvalue weighted by atomic mass is 9.92. The van der Waals surface area contributed by atoms with Gasteiger partial charge in [0.25, 0.3) is 0 Å². The van der Waals surface area contributed by atoms with Gasteiger partial charge in [0.15, 0.2) is 0 Å². The summed E-state index contributed by atoms with van der Waals surface area (Å²) in [5.74, 6) is -1.15.